The highest BCUT2D eigenvalue weighted by Gasteiger charge is 2.48. The maximum Gasteiger partial charge on any atom is 0.530 e. The average Bonchev–Trinajstić information content (AvgIpc) is 3.29. The van der Waals surface area contributed by atoms with Gasteiger partial charge in [-0.05, 0) is 19.3 Å². The summed E-state index contributed by atoms with van der Waals surface area (Å²) in [6, 6.07) is 0. The molecule has 1 fully saturated rings. The molecule has 0 aromatic rings. The van der Waals surface area contributed by atoms with Gasteiger partial charge in [-0.2, -0.15) is 0 Å². The van der Waals surface area contributed by atoms with Gasteiger partial charge in [0.2, 0.25) is 0 Å². The molecule has 2 atom stereocenters. The molecule has 1 aliphatic rings. The Balaban J connectivity index is 2.42. The zero-order chi connectivity index (χ0) is 14.8. The lowest BCUT2D eigenvalue weighted by Gasteiger charge is -2.32. The van der Waals surface area contributed by atoms with Gasteiger partial charge in [0.25, 0.3) is 0 Å². The van der Waals surface area contributed by atoms with Crippen LogP contribution in [0.3, 0.4) is 0 Å². The molecule has 0 bridgehead atoms. The van der Waals surface area contributed by atoms with Crippen LogP contribution in [0.1, 0.15) is 45.4 Å². The standard InChI is InChI=1S/C14H30O5Si/c1-5-6-7-10-14(20(15-2,16-3)17-4)18-11-8-9-13-12-19-13/h13-14H,5-12H2,1-4H3. The van der Waals surface area contributed by atoms with Crippen molar-refractivity contribution in [2.24, 2.45) is 0 Å². The Hall–Kier alpha value is 0.0169. The molecule has 5 nitrogen and oxygen atoms in total. The van der Waals surface area contributed by atoms with Crippen molar-refractivity contribution in [3.63, 3.8) is 0 Å². The van der Waals surface area contributed by atoms with Gasteiger partial charge >= 0.3 is 8.80 Å². The Morgan fingerprint density at radius 3 is 2.25 bits per heavy atom. The van der Waals surface area contributed by atoms with Crippen LogP contribution in [0.2, 0.25) is 0 Å². The van der Waals surface area contributed by atoms with Gasteiger partial charge in [-0.15, -0.1) is 0 Å². The monoisotopic (exact) mass is 306 g/mol. The normalized spacial score (nSPS) is 20.1. The van der Waals surface area contributed by atoms with Gasteiger partial charge in [-0.3, -0.25) is 0 Å². The SMILES string of the molecule is CCCCCC(OCCCC1CO1)[Si](OC)(OC)OC. The van der Waals surface area contributed by atoms with Crippen LogP contribution in [-0.4, -0.2) is 55.2 Å². The van der Waals surface area contributed by atoms with E-state index >= 15 is 0 Å². The van der Waals surface area contributed by atoms with E-state index in [4.69, 9.17) is 22.8 Å². The van der Waals surface area contributed by atoms with Crippen molar-refractivity contribution < 1.29 is 22.8 Å². The first-order valence-electron chi connectivity index (χ1n) is 7.61. The van der Waals surface area contributed by atoms with E-state index in [-0.39, 0.29) is 5.73 Å². The fraction of sp³-hybridized carbons (Fsp3) is 1.00. The van der Waals surface area contributed by atoms with Crippen molar-refractivity contribution in [2.45, 2.75) is 57.3 Å². The predicted molar refractivity (Wildman–Crippen MR) is 79.6 cm³/mol. The van der Waals surface area contributed by atoms with E-state index in [0.717, 1.165) is 32.3 Å². The quantitative estimate of drug-likeness (QED) is 0.297. The maximum atomic E-state index is 6.04. The molecule has 0 amide bonds. The van der Waals surface area contributed by atoms with Gasteiger partial charge < -0.3 is 22.8 Å². The molecule has 0 aromatic carbocycles. The lowest BCUT2D eigenvalue weighted by molar-refractivity contribution is 0.00692. The van der Waals surface area contributed by atoms with Crippen LogP contribution in [0, 0.1) is 0 Å². The zero-order valence-electron chi connectivity index (χ0n) is 13.4. The van der Waals surface area contributed by atoms with E-state index < -0.39 is 8.80 Å². The molecule has 6 heteroatoms. The minimum atomic E-state index is -2.71. The van der Waals surface area contributed by atoms with Gasteiger partial charge in [0.05, 0.1) is 12.7 Å². The lowest BCUT2D eigenvalue weighted by Crippen LogP contribution is -2.55. The Labute approximate surface area is 124 Å². The second kappa shape index (κ2) is 9.86. The molecule has 1 aliphatic heterocycles. The van der Waals surface area contributed by atoms with Gasteiger partial charge in [0, 0.05) is 27.9 Å². The fourth-order valence-electron chi connectivity index (χ4n) is 2.36. The molecule has 20 heavy (non-hydrogen) atoms. The first kappa shape index (κ1) is 18.1. The van der Waals surface area contributed by atoms with Crippen molar-refractivity contribution in [3.8, 4) is 0 Å². The summed E-state index contributed by atoms with van der Waals surface area (Å²) >= 11 is 0. The maximum absolute atomic E-state index is 6.04. The second-order valence-electron chi connectivity index (χ2n) is 5.17. The minimum Gasteiger partial charge on any atom is -0.375 e. The van der Waals surface area contributed by atoms with Crippen LogP contribution in [0.15, 0.2) is 0 Å². The molecule has 1 rings (SSSR count). The number of epoxide rings is 1. The van der Waals surface area contributed by atoms with Crippen molar-refractivity contribution in [1.29, 1.82) is 0 Å². The Bertz CT molecular complexity index is 235. The highest BCUT2D eigenvalue weighted by Crippen LogP contribution is 2.22. The summed E-state index contributed by atoms with van der Waals surface area (Å²) in [5.41, 5.74) is -0.0748. The van der Waals surface area contributed by atoms with Gasteiger partial charge in [0.1, 0.15) is 5.73 Å². The first-order chi connectivity index (χ1) is 9.72. The van der Waals surface area contributed by atoms with Crippen molar-refractivity contribution >= 4 is 8.80 Å². The Kier molecular flexibility index (Phi) is 8.91. The van der Waals surface area contributed by atoms with Crippen molar-refractivity contribution in [3.05, 3.63) is 0 Å². The molecule has 0 aliphatic carbocycles. The van der Waals surface area contributed by atoms with Crippen LogP contribution >= 0.6 is 0 Å². The predicted octanol–water partition coefficient (Wildman–Crippen LogP) is 2.55. The van der Waals surface area contributed by atoms with Crippen LogP contribution < -0.4 is 0 Å². The Morgan fingerprint density at radius 1 is 1.10 bits per heavy atom. The van der Waals surface area contributed by atoms with Crippen LogP contribution in [0.4, 0.5) is 0 Å². The van der Waals surface area contributed by atoms with Crippen LogP contribution in [-0.2, 0) is 22.8 Å². The summed E-state index contributed by atoms with van der Waals surface area (Å²) in [7, 11) is 2.23. The number of rotatable bonds is 13. The molecule has 0 N–H and O–H groups in total. The molecule has 0 radical (unpaired) electrons. The van der Waals surface area contributed by atoms with Gasteiger partial charge in [-0.1, -0.05) is 26.2 Å². The third-order valence-corrected chi connectivity index (χ3v) is 6.66. The third kappa shape index (κ3) is 5.79. The van der Waals surface area contributed by atoms with Crippen molar-refractivity contribution in [1.82, 2.24) is 0 Å². The summed E-state index contributed by atoms with van der Waals surface area (Å²) in [6.07, 6.45) is 6.96. The molecule has 1 saturated heterocycles. The highest BCUT2D eigenvalue weighted by atomic mass is 28.4. The number of ether oxygens (including phenoxy) is 2. The fourth-order valence-corrected chi connectivity index (χ4v) is 4.53. The largest absolute Gasteiger partial charge is 0.530 e. The molecule has 0 saturated carbocycles. The molecule has 1 heterocycles. The average molecular weight is 306 g/mol. The molecule has 120 valence electrons. The molecule has 0 spiro atoms. The first-order valence-corrected chi connectivity index (χ1v) is 9.41. The van der Waals surface area contributed by atoms with Gasteiger partial charge in [0.15, 0.2) is 0 Å². The van der Waals surface area contributed by atoms with E-state index in [1.54, 1.807) is 21.3 Å². The number of unbranched alkanes of at least 4 members (excludes halogenated alkanes) is 2. The van der Waals surface area contributed by atoms with Crippen molar-refractivity contribution in [2.75, 3.05) is 34.5 Å². The lowest BCUT2D eigenvalue weighted by atomic mass is 10.2. The summed E-state index contributed by atoms with van der Waals surface area (Å²) in [5.74, 6) is 0. The van der Waals surface area contributed by atoms with Crippen LogP contribution in [0.25, 0.3) is 0 Å². The summed E-state index contributed by atoms with van der Waals surface area (Å²) in [6.45, 7) is 3.81. The summed E-state index contributed by atoms with van der Waals surface area (Å²) < 4.78 is 27.9. The highest BCUT2D eigenvalue weighted by molar-refractivity contribution is 6.62. The number of hydrogen-bond donors (Lipinski definition) is 0. The molecular weight excluding hydrogens is 276 g/mol. The van der Waals surface area contributed by atoms with Crippen LogP contribution in [0.5, 0.6) is 0 Å². The summed E-state index contributed by atoms with van der Waals surface area (Å²) in [4.78, 5) is 0. The molecule has 0 aromatic heterocycles. The second-order valence-corrected chi connectivity index (χ2v) is 8.24. The van der Waals surface area contributed by atoms with E-state index in [2.05, 4.69) is 6.92 Å². The minimum absolute atomic E-state index is 0.0748. The smallest absolute Gasteiger partial charge is 0.375 e. The number of hydrogen-bond acceptors (Lipinski definition) is 5. The van der Waals surface area contributed by atoms with Gasteiger partial charge in [-0.25, -0.2) is 0 Å². The summed E-state index contributed by atoms with van der Waals surface area (Å²) in [5, 5.41) is 0. The third-order valence-electron chi connectivity index (χ3n) is 3.71. The van der Waals surface area contributed by atoms with E-state index in [1.165, 1.54) is 12.8 Å². The van der Waals surface area contributed by atoms with E-state index in [0.29, 0.717) is 12.7 Å². The van der Waals surface area contributed by atoms with E-state index in [1.807, 2.05) is 0 Å². The van der Waals surface area contributed by atoms with E-state index in [9.17, 15) is 0 Å². The Morgan fingerprint density at radius 2 is 1.75 bits per heavy atom. The molecular formula is C14H30O5Si. The molecule has 2 unspecified atom stereocenters. The zero-order valence-corrected chi connectivity index (χ0v) is 14.4. The topological polar surface area (TPSA) is 49.5 Å².